The maximum absolute atomic E-state index is 12.0. The zero-order valence-electron chi connectivity index (χ0n) is 14.3. The summed E-state index contributed by atoms with van der Waals surface area (Å²) >= 11 is 5.90. The van der Waals surface area contributed by atoms with E-state index in [1.807, 2.05) is 6.92 Å². The Morgan fingerprint density at radius 1 is 1.24 bits per heavy atom. The lowest BCUT2D eigenvalue weighted by Gasteiger charge is -2.09. The van der Waals surface area contributed by atoms with Gasteiger partial charge in [-0.05, 0) is 31.5 Å². The molecule has 0 aliphatic rings. The number of nitrogens with one attached hydrogen (secondary N) is 3. The molecule has 1 aromatic carbocycles. The van der Waals surface area contributed by atoms with Gasteiger partial charge in [-0.25, -0.2) is 5.43 Å². The minimum Gasteiger partial charge on any atom is -0.383 e. The molecule has 3 amide bonds. The molecule has 0 unspecified atom stereocenters. The predicted molar refractivity (Wildman–Crippen MR) is 95.6 cm³/mol. The molecule has 8 nitrogen and oxygen atoms in total. The third-order valence-corrected chi connectivity index (χ3v) is 3.27. The molecule has 0 bridgehead atoms. The van der Waals surface area contributed by atoms with Crippen molar-refractivity contribution in [2.24, 2.45) is 5.10 Å². The third-order valence-electron chi connectivity index (χ3n) is 3.04. The number of benzene rings is 1. The minimum absolute atomic E-state index is 0.0441. The van der Waals surface area contributed by atoms with Crippen LogP contribution in [0.15, 0.2) is 23.3 Å². The molecule has 1 rings (SSSR count). The number of hydrazone groups is 1. The molecule has 0 aromatic heterocycles. The molecule has 0 saturated heterocycles. The lowest BCUT2D eigenvalue weighted by molar-refractivity contribution is -0.139. The van der Waals surface area contributed by atoms with Crippen molar-refractivity contribution in [3.8, 4) is 0 Å². The van der Waals surface area contributed by atoms with Crippen molar-refractivity contribution in [3.63, 3.8) is 0 Å². The molecular weight excluding hydrogens is 348 g/mol. The summed E-state index contributed by atoms with van der Waals surface area (Å²) in [5.74, 6) is -2.06. The summed E-state index contributed by atoms with van der Waals surface area (Å²) in [5.41, 5.74) is 3.91. The monoisotopic (exact) mass is 368 g/mol. The fourth-order valence-electron chi connectivity index (χ4n) is 1.74. The lowest BCUT2D eigenvalue weighted by atomic mass is 10.2. The van der Waals surface area contributed by atoms with Gasteiger partial charge in [0.05, 0.1) is 13.0 Å². The number of aryl methyl sites for hydroxylation is 1. The molecule has 0 fully saturated rings. The molecule has 0 radical (unpaired) electrons. The standard InChI is InChI=1S/C16H21ClN4O4/c1-10-4-5-12(17)9-13(10)19-14(22)8-11(2)20-21-16(24)15(23)18-6-7-25-3/h4-5,9H,6-8H2,1-3H3,(H,18,23)(H,19,22)(H,21,24)/b20-11+. The summed E-state index contributed by atoms with van der Waals surface area (Å²) in [6, 6.07) is 5.17. The molecule has 9 heteroatoms. The number of hydrogen-bond donors (Lipinski definition) is 3. The first kappa shape index (κ1) is 20.6. The average molecular weight is 369 g/mol. The zero-order valence-corrected chi connectivity index (χ0v) is 15.1. The minimum atomic E-state index is -0.915. The van der Waals surface area contributed by atoms with Crippen LogP contribution in [0.5, 0.6) is 0 Å². The van der Waals surface area contributed by atoms with E-state index in [0.717, 1.165) is 5.56 Å². The lowest BCUT2D eigenvalue weighted by Crippen LogP contribution is -2.39. The summed E-state index contributed by atoms with van der Waals surface area (Å²) in [6.07, 6.45) is -0.0441. The van der Waals surface area contributed by atoms with Gasteiger partial charge in [-0.3, -0.25) is 14.4 Å². The van der Waals surface area contributed by atoms with Crippen molar-refractivity contribution in [1.82, 2.24) is 10.7 Å². The molecule has 0 saturated carbocycles. The van der Waals surface area contributed by atoms with Gasteiger partial charge in [-0.15, -0.1) is 0 Å². The number of halogens is 1. The predicted octanol–water partition coefficient (Wildman–Crippen LogP) is 1.23. The van der Waals surface area contributed by atoms with Crippen LogP contribution < -0.4 is 16.1 Å². The van der Waals surface area contributed by atoms with Crippen LogP contribution in [0.25, 0.3) is 0 Å². The first-order valence-electron chi connectivity index (χ1n) is 7.49. The Morgan fingerprint density at radius 3 is 2.64 bits per heavy atom. The Morgan fingerprint density at radius 2 is 1.96 bits per heavy atom. The summed E-state index contributed by atoms with van der Waals surface area (Å²) < 4.78 is 4.75. The van der Waals surface area contributed by atoms with E-state index in [1.165, 1.54) is 7.11 Å². The SMILES string of the molecule is COCCNC(=O)C(=O)N/N=C(\C)CC(=O)Nc1cc(Cl)ccc1C. The number of methoxy groups -OCH3 is 1. The zero-order chi connectivity index (χ0) is 18.8. The second-order valence-electron chi connectivity index (χ2n) is 5.22. The second kappa shape index (κ2) is 10.4. The van der Waals surface area contributed by atoms with Crippen LogP contribution in [0.1, 0.15) is 18.9 Å². The van der Waals surface area contributed by atoms with E-state index in [0.29, 0.717) is 23.0 Å². The number of rotatable bonds is 7. The number of nitrogens with zero attached hydrogens (tertiary/aromatic N) is 1. The van der Waals surface area contributed by atoms with Crippen molar-refractivity contribution >= 4 is 40.7 Å². The fraction of sp³-hybridized carbons (Fsp3) is 0.375. The van der Waals surface area contributed by atoms with Crippen LogP contribution in [-0.2, 0) is 19.1 Å². The Kier molecular flexibility index (Phi) is 8.59. The highest BCUT2D eigenvalue weighted by Gasteiger charge is 2.12. The summed E-state index contributed by atoms with van der Waals surface area (Å²) in [7, 11) is 1.48. The molecule has 25 heavy (non-hydrogen) atoms. The molecule has 0 spiro atoms. The number of hydrogen-bond acceptors (Lipinski definition) is 5. The largest absolute Gasteiger partial charge is 0.383 e. The number of amides is 3. The summed E-state index contributed by atoms with van der Waals surface area (Å²) in [5, 5.41) is 9.32. The van der Waals surface area contributed by atoms with Crippen molar-refractivity contribution < 1.29 is 19.1 Å². The Hall–Kier alpha value is -2.45. The third kappa shape index (κ3) is 7.77. The Balaban J connectivity index is 2.48. The smallest absolute Gasteiger partial charge is 0.329 e. The molecule has 3 N–H and O–H groups in total. The summed E-state index contributed by atoms with van der Waals surface area (Å²) in [6.45, 7) is 3.92. The average Bonchev–Trinajstić information content (AvgIpc) is 2.56. The second-order valence-corrected chi connectivity index (χ2v) is 5.66. The van der Waals surface area contributed by atoms with Gasteiger partial charge in [0.1, 0.15) is 0 Å². The van der Waals surface area contributed by atoms with Crippen LogP contribution in [-0.4, -0.2) is 43.7 Å². The number of ether oxygens (including phenoxy) is 1. The van der Waals surface area contributed by atoms with Gasteiger partial charge >= 0.3 is 11.8 Å². The molecule has 0 aliphatic heterocycles. The van der Waals surface area contributed by atoms with E-state index in [2.05, 4.69) is 21.2 Å². The topological polar surface area (TPSA) is 109 Å². The van der Waals surface area contributed by atoms with Gasteiger partial charge in [0.2, 0.25) is 5.91 Å². The van der Waals surface area contributed by atoms with Crippen LogP contribution in [0.3, 0.4) is 0 Å². The fourth-order valence-corrected chi connectivity index (χ4v) is 1.91. The van der Waals surface area contributed by atoms with E-state index in [-0.39, 0.29) is 18.9 Å². The summed E-state index contributed by atoms with van der Waals surface area (Å²) in [4.78, 5) is 34.9. The van der Waals surface area contributed by atoms with Gasteiger partial charge in [-0.2, -0.15) is 5.10 Å². The number of anilines is 1. The van der Waals surface area contributed by atoms with Gasteiger partial charge in [0.15, 0.2) is 0 Å². The van der Waals surface area contributed by atoms with E-state index in [4.69, 9.17) is 16.3 Å². The van der Waals surface area contributed by atoms with E-state index >= 15 is 0 Å². The van der Waals surface area contributed by atoms with Crippen LogP contribution in [0.2, 0.25) is 5.02 Å². The van der Waals surface area contributed by atoms with Crippen molar-refractivity contribution in [3.05, 3.63) is 28.8 Å². The first-order valence-corrected chi connectivity index (χ1v) is 7.87. The van der Waals surface area contributed by atoms with Crippen LogP contribution in [0.4, 0.5) is 5.69 Å². The maximum Gasteiger partial charge on any atom is 0.329 e. The normalized spacial score (nSPS) is 11.0. The molecule has 1 aromatic rings. The molecular formula is C16H21ClN4O4. The Bertz CT molecular complexity index is 676. The molecule has 0 heterocycles. The molecule has 0 atom stereocenters. The van der Waals surface area contributed by atoms with Gasteiger partial charge in [0, 0.05) is 30.1 Å². The first-order chi connectivity index (χ1) is 11.8. The Labute approximate surface area is 150 Å². The molecule has 136 valence electrons. The number of carbonyl (C=O) groups is 3. The van der Waals surface area contributed by atoms with E-state index in [9.17, 15) is 14.4 Å². The van der Waals surface area contributed by atoms with Gasteiger partial charge < -0.3 is 15.4 Å². The van der Waals surface area contributed by atoms with Gasteiger partial charge in [-0.1, -0.05) is 17.7 Å². The van der Waals surface area contributed by atoms with Crippen LogP contribution in [0, 0.1) is 6.92 Å². The highest BCUT2D eigenvalue weighted by molar-refractivity contribution is 6.35. The quantitative estimate of drug-likeness (QED) is 0.291. The van der Waals surface area contributed by atoms with Crippen molar-refractivity contribution in [1.29, 1.82) is 0 Å². The molecule has 0 aliphatic carbocycles. The van der Waals surface area contributed by atoms with E-state index in [1.54, 1.807) is 25.1 Å². The maximum atomic E-state index is 12.0. The highest BCUT2D eigenvalue weighted by atomic mass is 35.5. The van der Waals surface area contributed by atoms with Gasteiger partial charge in [0.25, 0.3) is 0 Å². The van der Waals surface area contributed by atoms with Crippen LogP contribution >= 0.6 is 11.6 Å². The van der Waals surface area contributed by atoms with Crippen molar-refractivity contribution in [2.45, 2.75) is 20.3 Å². The highest BCUT2D eigenvalue weighted by Crippen LogP contribution is 2.20. The van der Waals surface area contributed by atoms with Crippen molar-refractivity contribution in [2.75, 3.05) is 25.6 Å². The van der Waals surface area contributed by atoms with E-state index < -0.39 is 11.8 Å². The number of carbonyl (C=O) groups excluding carboxylic acids is 3.